The Morgan fingerprint density at radius 3 is 2.90 bits per heavy atom. The van der Waals surface area contributed by atoms with Crippen molar-refractivity contribution in [3.63, 3.8) is 0 Å². The summed E-state index contributed by atoms with van der Waals surface area (Å²) in [6.45, 7) is 3.14. The molecule has 2 unspecified atom stereocenters. The van der Waals surface area contributed by atoms with E-state index < -0.39 is 0 Å². The molecule has 0 spiro atoms. The van der Waals surface area contributed by atoms with Crippen molar-refractivity contribution >= 4 is 11.3 Å². The second kappa shape index (κ2) is 6.06. The van der Waals surface area contributed by atoms with E-state index in [0.717, 1.165) is 28.5 Å². The van der Waals surface area contributed by atoms with Gasteiger partial charge < -0.3 is 5.32 Å². The molecule has 2 atom stereocenters. The maximum absolute atomic E-state index is 13.9. The van der Waals surface area contributed by atoms with Crippen LogP contribution in [0, 0.1) is 11.7 Å². The van der Waals surface area contributed by atoms with E-state index in [1.165, 1.54) is 19.3 Å². The van der Waals surface area contributed by atoms with Crippen molar-refractivity contribution in [3.05, 3.63) is 47.1 Å². The second-order valence-corrected chi connectivity index (χ2v) is 6.63. The number of hydrogen-bond donors (Lipinski definition) is 1. The molecule has 106 valence electrons. The molecule has 0 radical (unpaired) electrons. The Kier molecular flexibility index (Phi) is 4.18. The van der Waals surface area contributed by atoms with Crippen LogP contribution in [-0.4, -0.2) is 6.04 Å². The van der Waals surface area contributed by atoms with E-state index >= 15 is 0 Å². The lowest BCUT2D eigenvalue weighted by molar-refractivity contribution is 0.426. The molecule has 2 aromatic rings. The summed E-state index contributed by atoms with van der Waals surface area (Å²) in [5.41, 5.74) is 1.88. The third-order valence-corrected chi connectivity index (χ3v) is 5.15. The molecule has 20 heavy (non-hydrogen) atoms. The van der Waals surface area contributed by atoms with E-state index in [9.17, 15) is 4.39 Å². The predicted molar refractivity (Wildman–Crippen MR) is 83.4 cm³/mol. The van der Waals surface area contributed by atoms with E-state index in [1.807, 2.05) is 29.6 Å². The molecule has 1 N–H and O–H groups in total. The number of thiophene rings is 1. The van der Waals surface area contributed by atoms with Crippen LogP contribution >= 0.6 is 11.3 Å². The van der Waals surface area contributed by atoms with E-state index in [0.29, 0.717) is 6.04 Å². The fourth-order valence-electron chi connectivity index (χ4n) is 3.00. The Morgan fingerprint density at radius 1 is 1.30 bits per heavy atom. The van der Waals surface area contributed by atoms with Crippen molar-refractivity contribution in [2.24, 2.45) is 5.92 Å². The van der Waals surface area contributed by atoms with Gasteiger partial charge in [-0.1, -0.05) is 25.5 Å². The summed E-state index contributed by atoms with van der Waals surface area (Å²) in [5.74, 6) is 0.623. The molecule has 3 rings (SSSR count). The minimum Gasteiger partial charge on any atom is -0.310 e. The van der Waals surface area contributed by atoms with E-state index in [-0.39, 0.29) is 5.82 Å². The molecule has 1 nitrogen and oxygen atoms in total. The Morgan fingerprint density at radius 2 is 2.20 bits per heavy atom. The first-order valence-electron chi connectivity index (χ1n) is 7.30. The van der Waals surface area contributed by atoms with Gasteiger partial charge in [0.2, 0.25) is 0 Å². The Labute approximate surface area is 123 Å². The maximum atomic E-state index is 13.9. The van der Waals surface area contributed by atoms with Crippen molar-refractivity contribution in [2.75, 3.05) is 0 Å². The number of halogens is 1. The van der Waals surface area contributed by atoms with Gasteiger partial charge in [-0.3, -0.25) is 0 Å². The van der Waals surface area contributed by atoms with Crippen LogP contribution in [0.2, 0.25) is 0 Å². The predicted octanol–water partition coefficient (Wildman–Crippen LogP) is 4.83. The largest absolute Gasteiger partial charge is 0.310 e. The molecular formula is C17H20FNS. The van der Waals surface area contributed by atoms with Crippen LogP contribution in [0.5, 0.6) is 0 Å². The Bertz CT molecular complexity index is 564. The van der Waals surface area contributed by atoms with E-state index in [1.54, 1.807) is 17.4 Å². The molecule has 1 saturated carbocycles. The monoisotopic (exact) mass is 289 g/mol. The van der Waals surface area contributed by atoms with Crippen LogP contribution in [0.4, 0.5) is 4.39 Å². The van der Waals surface area contributed by atoms with Gasteiger partial charge in [-0.15, -0.1) is 11.3 Å². The Balaban J connectivity index is 1.73. The van der Waals surface area contributed by atoms with Gasteiger partial charge in [0.1, 0.15) is 5.82 Å². The summed E-state index contributed by atoms with van der Waals surface area (Å²) in [4.78, 5) is 0.999. The van der Waals surface area contributed by atoms with Crippen LogP contribution in [0.15, 0.2) is 35.7 Å². The van der Waals surface area contributed by atoms with Gasteiger partial charge in [0.05, 0.1) is 0 Å². The van der Waals surface area contributed by atoms with Crippen molar-refractivity contribution in [3.8, 4) is 10.4 Å². The second-order valence-electron chi connectivity index (χ2n) is 5.69. The fraction of sp³-hybridized carbons (Fsp3) is 0.412. The first-order valence-corrected chi connectivity index (χ1v) is 8.17. The van der Waals surface area contributed by atoms with Gasteiger partial charge in [0, 0.05) is 23.0 Å². The minimum absolute atomic E-state index is 0.134. The summed E-state index contributed by atoms with van der Waals surface area (Å²) < 4.78 is 13.9. The lowest BCUT2D eigenvalue weighted by Gasteiger charge is -2.17. The quantitative estimate of drug-likeness (QED) is 0.850. The SMILES string of the molecule is CC1CCCC1NCc1ccc(F)c(-c2cccs2)c1. The molecule has 1 fully saturated rings. The average Bonchev–Trinajstić information content (AvgIpc) is 3.09. The van der Waals surface area contributed by atoms with Crippen molar-refractivity contribution in [1.82, 2.24) is 5.32 Å². The van der Waals surface area contributed by atoms with Gasteiger partial charge in [-0.2, -0.15) is 0 Å². The third-order valence-electron chi connectivity index (χ3n) is 4.25. The number of nitrogens with one attached hydrogen (secondary N) is 1. The normalized spacial score (nSPS) is 22.3. The molecule has 1 aliphatic carbocycles. The van der Waals surface area contributed by atoms with Crippen LogP contribution in [-0.2, 0) is 6.54 Å². The molecule has 0 saturated heterocycles. The highest BCUT2D eigenvalue weighted by molar-refractivity contribution is 7.13. The van der Waals surface area contributed by atoms with Crippen LogP contribution in [0.1, 0.15) is 31.7 Å². The molecule has 0 bridgehead atoms. The zero-order chi connectivity index (χ0) is 13.9. The summed E-state index contributed by atoms with van der Waals surface area (Å²) in [7, 11) is 0. The summed E-state index contributed by atoms with van der Waals surface area (Å²) in [6.07, 6.45) is 3.91. The maximum Gasteiger partial charge on any atom is 0.131 e. The molecule has 0 aliphatic heterocycles. The molecule has 1 heterocycles. The average molecular weight is 289 g/mol. The van der Waals surface area contributed by atoms with Gasteiger partial charge in [-0.05, 0) is 47.9 Å². The van der Waals surface area contributed by atoms with Crippen molar-refractivity contribution in [1.29, 1.82) is 0 Å². The van der Waals surface area contributed by atoms with Gasteiger partial charge in [-0.25, -0.2) is 4.39 Å². The van der Waals surface area contributed by atoms with E-state index in [2.05, 4.69) is 12.2 Å². The topological polar surface area (TPSA) is 12.0 Å². The zero-order valence-electron chi connectivity index (χ0n) is 11.7. The first-order chi connectivity index (χ1) is 9.74. The highest BCUT2D eigenvalue weighted by atomic mass is 32.1. The zero-order valence-corrected chi connectivity index (χ0v) is 12.5. The van der Waals surface area contributed by atoms with Gasteiger partial charge in [0.15, 0.2) is 0 Å². The summed E-state index contributed by atoms with van der Waals surface area (Å²) in [6, 6.07) is 10.0. The number of rotatable bonds is 4. The molecule has 1 aromatic heterocycles. The van der Waals surface area contributed by atoms with Crippen molar-refractivity contribution in [2.45, 2.75) is 38.8 Å². The lowest BCUT2D eigenvalue weighted by Crippen LogP contribution is -2.30. The molecule has 1 aromatic carbocycles. The molecule has 3 heteroatoms. The summed E-state index contributed by atoms with van der Waals surface area (Å²) >= 11 is 1.58. The standard InChI is InChI=1S/C17H20FNS/c1-12-4-2-5-16(12)19-11-13-7-8-15(18)14(10-13)17-6-3-9-20-17/h3,6-10,12,16,19H,2,4-5,11H2,1H3. The van der Waals surface area contributed by atoms with Crippen LogP contribution in [0.3, 0.4) is 0 Å². The molecular weight excluding hydrogens is 269 g/mol. The van der Waals surface area contributed by atoms with Gasteiger partial charge in [0.25, 0.3) is 0 Å². The number of hydrogen-bond acceptors (Lipinski definition) is 2. The van der Waals surface area contributed by atoms with Crippen LogP contribution in [0.25, 0.3) is 10.4 Å². The molecule has 1 aliphatic rings. The first kappa shape index (κ1) is 13.8. The lowest BCUT2D eigenvalue weighted by atomic mass is 10.1. The van der Waals surface area contributed by atoms with E-state index in [4.69, 9.17) is 0 Å². The smallest absolute Gasteiger partial charge is 0.131 e. The molecule has 0 amide bonds. The Hall–Kier alpha value is -1.19. The van der Waals surface area contributed by atoms with Crippen LogP contribution < -0.4 is 5.32 Å². The highest BCUT2D eigenvalue weighted by Crippen LogP contribution is 2.29. The van der Waals surface area contributed by atoms with Gasteiger partial charge >= 0.3 is 0 Å². The number of benzene rings is 1. The highest BCUT2D eigenvalue weighted by Gasteiger charge is 2.22. The fourth-order valence-corrected chi connectivity index (χ4v) is 3.74. The minimum atomic E-state index is -0.134. The summed E-state index contributed by atoms with van der Waals surface area (Å²) in [5, 5.41) is 5.61. The van der Waals surface area contributed by atoms with Crippen molar-refractivity contribution < 1.29 is 4.39 Å². The third kappa shape index (κ3) is 2.94.